The maximum Gasteiger partial charge on any atom is 0.331 e. The molecule has 200 valence electrons. The van der Waals surface area contributed by atoms with E-state index < -0.39 is 23.8 Å². The van der Waals surface area contributed by atoms with Crippen LogP contribution in [0, 0.1) is 0 Å². The van der Waals surface area contributed by atoms with Crippen molar-refractivity contribution in [3.63, 3.8) is 0 Å². The van der Waals surface area contributed by atoms with Gasteiger partial charge in [-0.1, -0.05) is 29.8 Å². The maximum atomic E-state index is 11.5. The lowest BCUT2D eigenvalue weighted by atomic mass is 10.1. The molecule has 0 amide bonds. The summed E-state index contributed by atoms with van der Waals surface area (Å²) in [5.74, 6) is -1.40. The van der Waals surface area contributed by atoms with Crippen LogP contribution in [0.4, 0.5) is 0 Å². The van der Waals surface area contributed by atoms with Gasteiger partial charge in [0.2, 0.25) is 0 Å². The minimum Gasteiger partial charge on any atom is -0.467 e. The van der Waals surface area contributed by atoms with E-state index in [1.165, 1.54) is 14.2 Å². The molecule has 1 aliphatic carbocycles. The van der Waals surface area contributed by atoms with Gasteiger partial charge in [0.15, 0.2) is 11.5 Å². The van der Waals surface area contributed by atoms with E-state index in [9.17, 15) is 14.7 Å². The Labute approximate surface area is 219 Å². The van der Waals surface area contributed by atoms with E-state index >= 15 is 0 Å². The van der Waals surface area contributed by atoms with Crippen LogP contribution in [0.15, 0.2) is 36.4 Å². The van der Waals surface area contributed by atoms with Gasteiger partial charge in [0.25, 0.3) is 5.79 Å². The van der Waals surface area contributed by atoms with Crippen LogP contribution in [0.1, 0.15) is 22.8 Å². The molecule has 2 aromatic carbocycles. The number of methoxy groups -OCH3 is 2. The van der Waals surface area contributed by atoms with Gasteiger partial charge < -0.3 is 38.8 Å². The van der Waals surface area contributed by atoms with Crippen molar-refractivity contribution in [2.75, 3.05) is 47.2 Å². The highest BCUT2D eigenvalue weighted by Crippen LogP contribution is 2.46. The largest absolute Gasteiger partial charge is 0.467 e. The lowest BCUT2D eigenvalue weighted by Gasteiger charge is -2.27. The first-order chi connectivity index (χ1) is 17.8. The van der Waals surface area contributed by atoms with Crippen molar-refractivity contribution >= 4 is 23.5 Å². The van der Waals surface area contributed by atoms with Crippen LogP contribution in [-0.4, -0.2) is 76.1 Å². The lowest BCUT2D eigenvalue weighted by molar-refractivity contribution is -0.181. The molecule has 11 heteroatoms. The molecule has 0 saturated carbocycles. The van der Waals surface area contributed by atoms with Crippen molar-refractivity contribution < 1.29 is 43.1 Å². The third-order valence-corrected chi connectivity index (χ3v) is 6.43. The second-order valence-electron chi connectivity index (χ2n) is 8.87. The number of aliphatic hydroxyl groups is 1. The third-order valence-electron chi connectivity index (χ3n) is 6.19. The van der Waals surface area contributed by atoms with Gasteiger partial charge in [0.1, 0.15) is 26.4 Å². The number of fused-ring (bicyclic) bond motifs is 3. The highest BCUT2D eigenvalue weighted by atomic mass is 35.5. The Morgan fingerprint density at radius 1 is 1.08 bits per heavy atom. The number of rotatable bonds is 12. The van der Waals surface area contributed by atoms with Gasteiger partial charge in [-0.25, -0.2) is 9.59 Å². The number of carbonyl (C=O) groups is 2. The lowest BCUT2D eigenvalue weighted by Crippen LogP contribution is -2.48. The molecular formula is C26H30ClNO9. The summed E-state index contributed by atoms with van der Waals surface area (Å²) >= 11 is 6.04. The van der Waals surface area contributed by atoms with Gasteiger partial charge in [-0.3, -0.25) is 0 Å². The topological polar surface area (TPSA) is 122 Å². The number of benzene rings is 2. The molecule has 2 aromatic rings. The number of nitrogens with one attached hydrogen (secondary N) is 1. The van der Waals surface area contributed by atoms with Gasteiger partial charge in [0.05, 0.1) is 20.3 Å². The number of carbonyl (C=O) groups excluding carboxylic acids is 2. The molecule has 37 heavy (non-hydrogen) atoms. The molecule has 1 heterocycles. The Morgan fingerprint density at radius 3 is 2.43 bits per heavy atom. The van der Waals surface area contributed by atoms with Crippen LogP contribution in [0.5, 0.6) is 11.5 Å². The smallest absolute Gasteiger partial charge is 0.331 e. The Hall–Kier alpha value is -2.89. The van der Waals surface area contributed by atoms with Crippen LogP contribution in [0.25, 0.3) is 0 Å². The molecule has 0 saturated heterocycles. The fourth-order valence-electron chi connectivity index (χ4n) is 4.36. The zero-order valence-corrected chi connectivity index (χ0v) is 21.4. The van der Waals surface area contributed by atoms with E-state index in [4.69, 9.17) is 30.5 Å². The summed E-state index contributed by atoms with van der Waals surface area (Å²) in [6.07, 6.45) is 0.713. The summed E-state index contributed by atoms with van der Waals surface area (Å²) in [4.78, 5) is 23.0. The van der Waals surface area contributed by atoms with E-state index in [2.05, 4.69) is 14.8 Å². The summed E-state index contributed by atoms with van der Waals surface area (Å²) < 4.78 is 32.5. The van der Waals surface area contributed by atoms with Crippen LogP contribution < -0.4 is 14.8 Å². The van der Waals surface area contributed by atoms with Crippen molar-refractivity contribution in [2.45, 2.75) is 30.8 Å². The minimum atomic E-state index is -1.40. The standard InChI is InChI=1S/C26H30ClNO9/c1-32-23(30)12-34-14-26(15-35-13-24(31)33-2)36-22-7-6-16-9-19(10-20(16)25(22)37-26)28-11-21(29)17-4-3-5-18(27)8-17/h3-8,19,21,28-29H,9-15H2,1-2H3/t19-,21+/m1/s1. The van der Waals surface area contributed by atoms with Crippen LogP contribution >= 0.6 is 11.6 Å². The number of hydrogen-bond acceptors (Lipinski definition) is 10. The Bertz CT molecular complexity index is 1100. The molecule has 0 bridgehead atoms. The molecular weight excluding hydrogens is 506 g/mol. The molecule has 0 fully saturated rings. The number of aliphatic hydroxyl groups excluding tert-OH is 1. The third kappa shape index (κ3) is 6.71. The number of hydrogen-bond donors (Lipinski definition) is 2. The second kappa shape index (κ2) is 12.1. The molecule has 1 aliphatic heterocycles. The quantitative estimate of drug-likeness (QED) is 0.390. The van der Waals surface area contributed by atoms with Gasteiger partial charge in [0, 0.05) is 23.2 Å². The highest BCUT2D eigenvalue weighted by molar-refractivity contribution is 6.30. The first-order valence-electron chi connectivity index (χ1n) is 11.8. The van der Waals surface area contributed by atoms with Crippen molar-refractivity contribution in [3.8, 4) is 11.5 Å². The van der Waals surface area contributed by atoms with Gasteiger partial charge in [-0.15, -0.1) is 0 Å². The molecule has 0 spiro atoms. The molecule has 2 atom stereocenters. The predicted molar refractivity (Wildman–Crippen MR) is 132 cm³/mol. The molecule has 2 aliphatic rings. The summed E-state index contributed by atoms with van der Waals surface area (Å²) in [5, 5.41) is 14.6. The first-order valence-corrected chi connectivity index (χ1v) is 12.2. The molecule has 2 N–H and O–H groups in total. The van der Waals surface area contributed by atoms with Gasteiger partial charge in [-0.2, -0.15) is 0 Å². The van der Waals surface area contributed by atoms with E-state index in [1.807, 2.05) is 24.3 Å². The van der Waals surface area contributed by atoms with Crippen molar-refractivity contribution in [1.29, 1.82) is 0 Å². The fourth-order valence-corrected chi connectivity index (χ4v) is 4.56. The SMILES string of the molecule is COC(=O)COCC1(COCC(=O)OC)Oc2ccc3c(c2O1)C[C@H](NC[C@H](O)c1cccc(Cl)c1)C3. The summed E-state index contributed by atoms with van der Waals surface area (Å²) in [5.41, 5.74) is 2.82. The summed E-state index contributed by atoms with van der Waals surface area (Å²) in [6, 6.07) is 11.0. The van der Waals surface area contributed by atoms with E-state index in [-0.39, 0.29) is 32.5 Å². The Balaban J connectivity index is 1.41. The van der Waals surface area contributed by atoms with E-state index in [0.29, 0.717) is 29.5 Å². The fraction of sp³-hybridized carbons (Fsp3) is 0.462. The minimum absolute atomic E-state index is 0.0834. The average Bonchev–Trinajstić information content (AvgIpc) is 3.48. The number of halogens is 1. The number of esters is 2. The van der Waals surface area contributed by atoms with E-state index in [0.717, 1.165) is 23.1 Å². The normalized spacial score (nSPS) is 17.8. The summed E-state index contributed by atoms with van der Waals surface area (Å²) in [6.45, 7) is -0.500. The number of ether oxygens (including phenoxy) is 6. The molecule has 4 rings (SSSR count). The Morgan fingerprint density at radius 2 is 1.78 bits per heavy atom. The average molecular weight is 536 g/mol. The van der Waals surface area contributed by atoms with Crippen LogP contribution in [-0.2, 0) is 41.4 Å². The molecule has 0 aromatic heterocycles. The predicted octanol–water partition coefficient (Wildman–Crippen LogP) is 1.98. The van der Waals surface area contributed by atoms with Crippen molar-refractivity contribution in [2.24, 2.45) is 0 Å². The van der Waals surface area contributed by atoms with Crippen LogP contribution in [0.3, 0.4) is 0 Å². The first kappa shape index (κ1) is 27.2. The van der Waals surface area contributed by atoms with Gasteiger partial charge in [-0.05, 0) is 42.2 Å². The molecule has 0 unspecified atom stereocenters. The second-order valence-corrected chi connectivity index (χ2v) is 9.30. The van der Waals surface area contributed by atoms with Crippen molar-refractivity contribution in [3.05, 3.63) is 58.1 Å². The zero-order chi connectivity index (χ0) is 26.4. The van der Waals surface area contributed by atoms with E-state index in [1.54, 1.807) is 12.1 Å². The molecule has 10 nitrogen and oxygen atoms in total. The maximum absolute atomic E-state index is 11.5. The summed E-state index contributed by atoms with van der Waals surface area (Å²) in [7, 11) is 2.53. The van der Waals surface area contributed by atoms with Gasteiger partial charge >= 0.3 is 11.9 Å². The zero-order valence-electron chi connectivity index (χ0n) is 20.7. The van der Waals surface area contributed by atoms with Crippen LogP contribution in [0.2, 0.25) is 5.02 Å². The molecule has 0 radical (unpaired) electrons. The monoisotopic (exact) mass is 535 g/mol. The Kier molecular flexibility index (Phi) is 8.88. The highest BCUT2D eigenvalue weighted by Gasteiger charge is 2.45. The van der Waals surface area contributed by atoms with Crippen molar-refractivity contribution in [1.82, 2.24) is 5.32 Å².